The molecule has 0 radical (unpaired) electrons. The zero-order valence-corrected chi connectivity index (χ0v) is 10.8. The van der Waals surface area contributed by atoms with Crippen LogP contribution in [0, 0.1) is 0 Å². The smallest absolute Gasteiger partial charge is 0.250 e. The molecule has 0 atom stereocenters. The molecule has 1 aromatic carbocycles. The van der Waals surface area contributed by atoms with Gasteiger partial charge in [0.15, 0.2) is 0 Å². The van der Waals surface area contributed by atoms with Crippen LogP contribution in [0.15, 0.2) is 46.5 Å². The van der Waals surface area contributed by atoms with Gasteiger partial charge in [0.2, 0.25) is 0 Å². The number of nitrogen functional groups attached to an aromatic ring is 1. The lowest BCUT2D eigenvalue weighted by atomic mass is 10.2. The lowest BCUT2D eigenvalue weighted by Gasteiger charge is -2.06. The molecular formula is C12H10ClN3OS. The highest BCUT2D eigenvalue weighted by Crippen LogP contribution is 2.32. The fourth-order valence-corrected chi connectivity index (χ4v) is 2.43. The van der Waals surface area contributed by atoms with Crippen LogP contribution in [0.3, 0.4) is 0 Å². The number of nitrogens with two attached hydrogens (primary N) is 2. The first kappa shape index (κ1) is 12.7. The molecule has 4 nitrogen and oxygen atoms in total. The van der Waals surface area contributed by atoms with Gasteiger partial charge >= 0.3 is 0 Å². The van der Waals surface area contributed by atoms with E-state index in [1.54, 1.807) is 12.1 Å². The molecular weight excluding hydrogens is 270 g/mol. The summed E-state index contributed by atoms with van der Waals surface area (Å²) in [6.07, 6.45) is 1.42. The Morgan fingerprint density at radius 1 is 1.33 bits per heavy atom. The zero-order valence-electron chi connectivity index (χ0n) is 9.26. The average molecular weight is 280 g/mol. The molecule has 2 aromatic rings. The van der Waals surface area contributed by atoms with Crippen molar-refractivity contribution < 1.29 is 4.79 Å². The van der Waals surface area contributed by atoms with E-state index in [0.717, 1.165) is 4.90 Å². The zero-order chi connectivity index (χ0) is 13.1. The molecule has 0 spiro atoms. The van der Waals surface area contributed by atoms with E-state index in [9.17, 15) is 4.79 Å². The molecule has 0 unspecified atom stereocenters. The SMILES string of the molecule is NC(=O)c1cc(Sc2ccccc2Cl)ncc1N. The van der Waals surface area contributed by atoms with E-state index < -0.39 is 5.91 Å². The number of hydrogen-bond donors (Lipinski definition) is 2. The first-order chi connectivity index (χ1) is 8.58. The molecule has 0 bridgehead atoms. The Bertz CT molecular complexity index is 604. The maximum absolute atomic E-state index is 11.2. The van der Waals surface area contributed by atoms with Crippen LogP contribution in [-0.4, -0.2) is 10.9 Å². The second kappa shape index (κ2) is 5.29. The van der Waals surface area contributed by atoms with Crippen LogP contribution < -0.4 is 11.5 Å². The van der Waals surface area contributed by atoms with Crippen molar-refractivity contribution in [3.63, 3.8) is 0 Å². The summed E-state index contributed by atoms with van der Waals surface area (Å²) >= 11 is 7.39. The molecule has 6 heteroatoms. The van der Waals surface area contributed by atoms with Gasteiger partial charge in [0, 0.05) is 4.90 Å². The molecule has 0 aliphatic rings. The minimum atomic E-state index is -0.573. The molecule has 1 aromatic heterocycles. The van der Waals surface area contributed by atoms with E-state index in [4.69, 9.17) is 23.1 Å². The van der Waals surface area contributed by atoms with Crippen molar-refractivity contribution in [1.29, 1.82) is 0 Å². The topological polar surface area (TPSA) is 82.0 Å². The molecule has 0 aliphatic heterocycles. The van der Waals surface area contributed by atoms with Crippen molar-refractivity contribution in [3.8, 4) is 0 Å². The van der Waals surface area contributed by atoms with Crippen molar-refractivity contribution in [2.75, 3.05) is 5.73 Å². The monoisotopic (exact) mass is 279 g/mol. The lowest BCUT2D eigenvalue weighted by molar-refractivity contribution is 0.100. The van der Waals surface area contributed by atoms with E-state index in [2.05, 4.69) is 4.98 Å². The van der Waals surface area contributed by atoms with Crippen LogP contribution in [0.5, 0.6) is 0 Å². The van der Waals surface area contributed by atoms with E-state index >= 15 is 0 Å². The molecule has 18 heavy (non-hydrogen) atoms. The summed E-state index contributed by atoms with van der Waals surface area (Å²) in [5, 5.41) is 1.24. The molecule has 0 saturated carbocycles. The van der Waals surface area contributed by atoms with Gasteiger partial charge in [-0.05, 0) is 18.2 Å². The second-order valence-electron chi connectivity index (χ2n) is 3.51. The largest absolute Gasteiger partial charge is 0.397 e. The summed E-state index contributed by atoms with van der Waals surface area (Å²) in [6.45, 7) is 0. The molecule has 1 heterocycles. The van der Waals surface area contributed by atoms with Gasteiger partial charge in [-0.25, -0.2) is 4.98 Å². The van der Waals surface area contributed by atoms with Gasteiger partial charge in [-0.15, -0.1) is 0 Å². The maximum Gasteiger partial charge on any atom is 0.250 e. The van der Waals surface area contributed by atoms with Crippen LogP contribution in [0.1, 0.15) is 10.4 Å². The third-order valence-electron chi connectivity index (χ3n) is 2.23. The summed E-state index contributed by atoms with van der Waals surface area (Å²) in [6, 6.07) is 8.94. The summed E-state index contributed by atoms with van der Waals surface area (Å²) in [7, 11) is 0. The fourth-order valence-electron chi connectivity index (χ4n) is 1.36. The number of hydrogen-bond acceptors (Lipinski definition) is 4. The fraction of sp³-hybridized carbons (Fsp3) is 0. The van der Waals surface area contributed by atoms with Crippen molar-refractivity contribution in [3.05, 3.63) is 47.1 Å². The first-order valence-corrected chi connectivity index (χ1v) is 6.25. The normalized spacial score (nSPS) is 10.3. The number of carbonyl (C=O) groups is 1. The minimum absolute atomic E-state index is 0.263. The van der Waals surface area contributed by atoms with Gasteiger partial charge in [0.25, 0.3) is 5.91 Å². The van der Waals surface area contributed by atoms with Gasteiger partial charge in [0.05, 0.1) is 22.5 Å². The minimum Gasteiger partial charge on any atom is -0.397 e. The number of nitrogens with zero attached hydrogens (tertiary/aromatic N) is 1. The summed E-state index contributed by atoms with van der Waals surface area (Å²) in [4.78, 5) is 16.2. The van der Waals surface area contributed by atoms with Crippen LogP contribution >= 0.6 is 23.4 Å². The van der Waals surface area contributed by atoms with Gasteiger partial charge in [0.1, 0.15) is 5.03 Å². The highest BCUT2D eigenvalue weighted by atomic mass is 35.5. The van der Waals surface area contributed by atoms with Gasteiger partial charge in [-0.3, -0.25) is 4.79 Å². The molecule has 0 saturated heterocycles. The summed E-state index contributed by atoms with van der Waals surface area (Å²) in [5.74, 6) is -0.573. The third-order valence-corrected chi connectivity index (χ3v) is 3.68. The lowest BCUT2D eigenvalue weighted by Crippen LogP contribution is -2.13. The Morgan fingerprint density at radius 3 is 2.72 bits per heavy atom. The molecule has 2 rings (SSSR count). The molecule has 4 N–H and O–H groups in total. The van der Waals surface area contributed by atoms with Crippen molar-refractivity contribution >= 4 is 35.0 Å². The number of primary amides is 1. The van der Waals surface area contributed by atoms with Gasteiger partial charge < -0.3 is 11.5 Å². The van der Waals surface area contributed by atoms with E-state index in [0.29, 0.717) is 10.0 Å². The van der Waals surface area contributed by atoms with Gasteiger partial charge in [-0.1, -0.05) is 35.5 Å². The van der Waals surface area contributed by atoms with Crippen LogP contribution in [-0.2, 0) is 0 Å². The van der Waals surface area contributed by atoms with Crippen molar-refractivity contribution in [2.24, 2.45) is 5.73 Å². The molecule has 1 amide bonds. The summed E-state index contributed by atoms with van der Waals surface area (Å²) < 4.78 is 0. The Hall–Kier alpha value is -1.72. The quantitative estimate of drug-likeness (QED) is 0.905. The molecule has 92 valence electrons. The number of benzene rings is 1. The standard InChI is InChI=1S/C12H10ClN3OS/c13-8-3-1-2-4-10(8)18-11-5-7(12(15)17)9(14)6-16-11/h1-6H,14H2,(H2,15,17). The molecule has 0 aliphatic carbocycles. The average Bonchev–Trinajstić information content (AvgIpc) is 2.34. The predicted octanol–water partition coefficient (Wildman–Crippen LogP) is 2.57. The third kappa shape index (κ3) is 2.75. The Labute approximate surface area is 113 Å². The molecule has 0 fully saturated rings. The maximum atomic E-state index is 11.2. The number of amides is 1. The number of carbonyl (C=O) groups excluding carboxylic acids is 1. The van der Waals surface area contributed by atoms with E-state index in [1.807, 2.05) is 18.2 Å². The van der Waals surface area contributed by atoms with Crippen LogP contribution in [0.4, 0.5) is 5.69 Å². The number of halogens is 1. The number of rotatable bonds is 3. The number of aromatic nitrogens is 1. The van der Waals surface area contributed by atoms with E-state index in [1.165, 1.54) is 18.0 Å². The summed E-state index contributed by atoms with van der Waals surface area (Å²) in [5.41, 5.74) is 11.4. The highest BCUT2D eigenvalue weighted by Gasteiger charge is 2.09. The first-order valence-electron chi connectivity index (χ1n) is 5.05. The van der Waals surface area contributed by atoms with Crippen molar-refractivity contribution in [2.45, 2.75) is 9.92 Å². The van der Waals surface area contributed by atoms with Crippen LogP contribution in [0.2, 0.25) is 5.02 Å². The highest BCUT2D eigenvalue weighted by molar-refractivity contribution is 7.99. The predicted molar refractivity (Wildman–Crippen MR) is 72.7 cm³/mol. The Balaban J connectivity index is 2.33. The number of anilines is 1. The van der Waals surface area contributed by atoms with E-state index in [-0.39, 0.29) is 11.3 Å². The van der Waals surface area contributed by atoms with Crippen molar-refractivity contribution in [1.82, 2.24) is 4.98 Å². The van der Waals surface area contributed by atoms with Gasteiger partial charge in [-0.2, -0.15) is 0 Å². The Morgan fingerprint density at radius 2 is 2.06 bits per heavy atom. The number of pyridine rings is 1. The second-order valence-corrected chi connectivity index (χ2v) is 4.98. The van der Waals surface area contributed by atoms with Crippen LogP contribution in [0.25, 0.3) is 0 Å². The Kier molecular flexibility index (Phi) is 3.74.